The predicted molar refractivity (Wildman–Crippen MR) is 75.8 cm³/mol. The molecular formula is C15H22N2O. The van der Waals surface area contributed by atoms with Crippen molar-refractivity contribution in [2.75, 3.05) is 6.54 Å². The molecule has 98 valence electrons. The topological polar surface area (TPSA) is 41.5 Å². The van der Waals surface area contributed by atoms with E-state index in [1.54, 1.807) is 0 Å². The van der Waals surface area contributed by atoms with Crippen LogP contribution in [0.4, 0.5) is 0 Å². The van der Waals surface area contributed by atoms with Crippen LogP contribution in [-0.4, -0.2) is 18.7 Å². The van der Waals surface area contributed by atoms with Gasteiger partial charge in [0.25, 0.3) is 0 Å². The fourth-order valence-corrected chi connectivity index (χ4v) is 1.51. The van der Waals surface area contributed by atoms with Crippen LogP contribution in [0.5, 0.6) is 0 Å². The van der Waals surface area contributed by atoms with Crippen molar-refractivity contribution in [2.24, 2.45) is 10.4 Å². The number of hydrogen-bond acceptors (Lipinski definition) is 2. The highest BCUT2D eigenvalue weighted by Gasteiger charge is 2.09. The second-order valence-electron chi connectivity index (χ2n) is 5.54. The van der Waals surface area contributed by atoms with Crippen LogP contribution >= 0.6 is 0 Å². The van der Waals surface area contributed by atoms with Gasteiger partial charge in [-0.15, -0.1) is 0 Å². The summed E-state index contributed by atoms with van der Waals surface area (Å²) in [5.41, 5.74) is 1.12. The van der Waals surface area contributed by atoms with Crippen LogP contribution in [-0.2, 0) is 4.79 Å². The molecule has 0 fully saturated rings. The third-order valence-electron chi connectivity index (χ3n) is 2.39. The number of hydrogen-bond donors (Lipinski definition) is 1. The molecule has 0 saturated carbocycles. The van der Waals surface area contributed by atoms with Gasteiger partial charge in [-0.2, -0.15) is 0 Å². The van der Waals surface area contributed by atoms with Gasteiger partial charge in [-0.05, 0) is 17.9 Å². The van der Waals surface area contributed by atoms with E-state index in [-0.39, 0.29) is 23.9 Å². The number of carbonyl (C=O) groups is 1. The summed E-state index contributed by atoms with van der Waals surface area (Å²) < 4.78 is 0. The Morgan fingerprint density at radius 1 is 1.33 bits per heavy atom. The first-order valence-electron chi connectivity index (χ1n) is 6.24. The maximum absolute atomic E-state index is 11.7. The highest BCUT2D eigenvalue weighted by Crippen LogP contribution is 2.11. The van der Waals surface area contributed by atoms with E-state index >= 15 is 0 Å². The van der Waals surface area contributed by atoms with Gasteiger partial charge in [0, 0.05) is 6.21 Å². The summed E-state index contributed by atoms with van der Waals surface area (Å²) in [4.78, 5) is 15.8. The first-order chi connectivity index (χ1) is 8.38. The van der Waals surface area contributed by atoms with E-state index in [9.17, 15) is 4.79 Å². The van der Waals surface area contributed by atoms with Gasteiger partial charge < -0.3 is 5.32 Å². The van der Waals surface area contributed by atoms with Crippen LogP contribution in [0.3, 0.4) is 0 Å². The Kier molecular flexibility index (Phi) is 5.08. The zero-order valence-corrected chi connectivity index (χ0v) is 11.6. The van der Waals surface area contributed by atoms with Crippen molar-refractivity contribution in [3.8, 4) is 0 Å². The molecule has 1 N–H and O–H groups in total. The van der Waals surface area contributed by atoms with Gasteiger partial charge in [0.15, 0.2) is 0 Å². The molecule has 1 aromatic carbocycles. The van der Waals surface area contributed by atoms with Crippen molar-refractivity contribution in [1.29, 1.82) is 0 Å². The van der Waals surface area contributed by atoms with Crippen LogP contribution in [0, 0.1) is 5.41 Å². The van der Waals surface area contributed by atoms with Gasteiger partial charge >= 0.3 is 0 Å². The fourth-order valence-electron chi connectivity index (χ4n) is 1.51. The Balaban J connectivity index is 2.44. The first-order valence-corrected chi connectivity index (χ1v) is 6.24. The zero-order valence-electron chi connectivity index (χ0n) is 11.6. The van der Waals surface area contributed by atoms with Crippen LogP contribution in [0.15, 0.2) is 35.3 Å². The molecule has 0 unspecified atom stereocenters. The molecule has 0 aliphatic heterocycles. The molecular weight excluding hydrogens is 224 g/mol. The van der Waals surface area contributed by atoms with Crippen LogP contribution in [0.25, 0.3) is 0 Å². The van der Waals surface area contributed by atoms with Crippen molar-refractivity contribution in [1.82, 2.24) is 5.32 Å². The van der Waals surface area contributed by atoms with Crippen molar-refractivity contribution in [3.63, 3.8) is 0 Å². The minimum atomic E-state index is -0.0492. The summed E-state index contributed by atoms with van der Waals surface area (Å²) in [6.07, 6.45) is 1.82. The second kappa shape index (κ2) is 6.34. The number of aliphatic imine (C=N–C) groups is 1. The number of benzene rings is 1. The van der Waals surface area contributed by atoms with Crippen LogP contribution in [0.2, 0.25) is 0 Å². The normalized spacial score (nSPS) is 13.6. The zero-order chi connectivity index (χ0) is 13.6. The Bertz CT molecular complexity index is 404. The second-order valence-corrected chi connectivity index (χ2v) is 5.54. The molecule has 0 aliphatic carbocycles. The average Bonchev–Trinajstić information content (AvgIpc) is 2.28. The predicted octanol–water partition coefficient (Wildman–Crippen LogP) is 2.98. The van der Waals surface area contributed by atoms with E-state index in [4.69, 9.17) is 0 Å². The van der Waals surface area contributed by atoms with Crippen LogP contribution in [0.1, 0.15) is 39.3 Å². The summed E-state index contributed by atoms with van der Waals surface area (Å²) in [7, 11) is 0. The molecule has 1 amide bonds. The fraction of sp³-hybridized carbons (Fsp3) is 0.467. The van der Waals surface area contributed by atoms with Gasteiger partial charge in [0.05, 0.1) is 6.04 Å². The highest BCUT2D eigenvalue weighted by atomic mass is 16.1. The Morgan fingerprint density at radius 2 is 1.94 bits per heavy atom. The molecule has 0 bridgehead atoms. The standard InChI is InChI=1S/C15H22N2O/c1-12(13-8-6-5-7-9-13)17-14(18)10-16-11-15(2,3)4/h5-9,11-12H,10H2,1-4H3,(H,17,18)/t12-/m0/s1. The van der Waals surface area contributed by atoms with Gasteiger partial charge in [-0.25, -0.2) is 0 Å². The van der Waals surface area contributed by atoms with E-state index in [2.05, 4.69) is 31.1 Å². The molecule has 3 heteroatoms. The summed E-state index contributed by atoms with van der Waals surface area (Å²) in [6.45, 7) is 8.33. The molecule has 18 heavy (non-hydrogen) atoms. The Morgan fingerprint density at radius 3 is 2.50 bits per heavy atom. The molecule has 0 heterocycles. The Labute approximate surface area is 109 Å². The smallest absolute Gasteiger partial charge is 0.242 e. The minimum Gasteiger partial charge on any atom is -0.348 e. The number of amides is 1. The molecule has 1 aromatic rings. The summed E-state index contributed by atoms with van der Waals surface area (Å²) in [6, 6.07) is 9.92. The molecule has 0 spiro atoms. The Hall–Kier alpha value is -1.64. The van der Waals surface area contributed by atoms with E-state index in [1.165, 1.54) is 0 Å². The minimum absolute atomic E-state index is 0.0172. The average molecular weight is 246 g/mol. The van der Waals surface area contributed by atoms with E-state index in [0.29, 0.717) is 0 Å². The van der Waals surface area contributed by atoms with E-state index < -0.39 is 0 Å². The molecule has 1 atom stereocenters. The highest BCUT2D eigenvalue weighted by molar-refractivity contribution is 5.80. The lowest BCUT2D eigenvalue weighted by Crippen LogP contribution is -2.28. The number of rotatable bonds is 4. The van der Waals surface area contributed by atoms with Crippen LogP contribution < -0.4 is 5.32 Å². The van der Waals surface area contributed by atoms with Gasteiger partial charge in [-0.3, -0.25) is 9.79 Å². The maximum atomic E-state index is 11.7. The molecule has 0 radical (unpaired) electrons. The molecule has 1 rings (SSSR count). The van der Waals surface area contributed by atoms with Gasteiger partial charge in [-0.1, -0.05) is 51.1 Å². The van der Waals surface area contributed by atoms with Crippen molar-refractivity contribution in [2.45, 2.75) is 33.7 Å². The van der Waals surface area contributed by atoms with E-state index in [0.717, 1.165) is 5.56 Å². The summed E-state index contributed by atoms with van der Waals surface area (Å²) >= 11 is 0. The first kappa shape index (κ1) is 14.4. The molecule has 0 aromatic heterocycles. The SMILES string of the molecule is C[C@H](NC(=O)CN=CC(C)(C)C)c1ccccc1. The lowest BCUT2D eigenvalue weighted by Gasteiger charge is -2.14. The largest absolute Gasteiger partial charge is 0.348 e. The lowest BCUT2D eigenvalue weighted by atomic mass is 9.99. The third kappa shape index (κ3) is 5.62. The lowest BCUT2D eigenvalue weighted by molar-refractivity contribution is -0.120. The quantitative estimate of drug-likeness (QED) is 0.815. The summed E-state index contributed by atoms with van der Waals surface area (Å²) in [5, 5.41) is 2.93. The number of nitrogens with one attached hydrogen (secondary N) is 1. The third-order valence-corrected chi connectivity index (χ3v) is 2.39. The maximum Gasteiger partial charge on any atom is 0.242 e. The summed E-state index contributed by atoms with van der Waals surface area (Å²) in [5.74, 6) is -0.0492. The molecule has 3 nitrogen and oxygen atoms in total. The van der Waals surface area contributed by atoms with E-state index in [1.807, 2.05) is 43.5 Å². The molecule has 0 aliphatic rings. The van der Waals surface area contributed by atoms with Gasteiger partial charge in [0.2, 0.25) is 5.91 Å². The van der Waals surface area contributed by atoms with Crippen molar-refractivity contribution in [3.05, 3.63) is 35.9 Å². The monoisotopic (exact) mass is 246 g/mol. The number of nitrogens with zero attached hydrogens (tertiary/aromatic N) is 1. The van der Waals surface area contributed by atoms with Gasteiger partial charge in [0.1, 0.15) is 6.54 Å². The van der Waals surface area contributed by atoms with Crippen molar-refractivity contribution < 1.29 is 4.79 Å². The number of carbonyl (C=O) groups excluding carboxylic acids is 1. The molecule has 0 saturated heterocycles. The van der Waals surface area contributed by atoms with Crippen molar-refractivity contribution >= 4 is 12.1 Å².